The molecule has 0 heterocycles. The van der Waals surface area contributed by atoms with Gasteiger partial charge in [-0.3, -0.25) is 0 Å². The molecule has 0 aliphatic heterocycles. The first-order valence-electron chi connectivity index (χ1n) is 9.12. The van der Waals surface area contributed by atoms with Gasteiger partial charge in [0.2, 0.25) is 0 Å². The van der Waals surface area contributed by atoms with Crippen molar-refractivity contribution < 1.29 is 19.7 Å². The Morgan fingerprint density at radius 2 is 1.78 bits per heavy atom. The summed E-state index contributed by atoms with van der Waals surface area (Å²) in [5.41, 5.74) is 2.00. The normalized spacial score (nSPS) is 13.2. The SMILES string of the molecule is CC(C)Oc1cccc(CNC[C@H](O)[C@H](Cc2ccccc2)NC(=O)O)c1. The van der Waals surface area contributed by atoms with Gasteiger partial charge >= 0.3 is 6.09 Å². The predicted molar refractivity (Wildman–Crippen MR) is 105 cm³/mol. The number of aliphatic hydroxyl groups excluding tert-OH is 1. The second kappa shape index (κ2) is 10.5. The highest BCUT2D eigenvalue weighted by atomic mass is 16.5. The molecule has 6 nitrogen and oxygen atoms in total. The standard InChI is InChI=1S/C21H28N2O4/c1-15(2)27-18-10-6-9-17(11-18)13-22-14-20(24)19(23-21(25)26)12-16-7-4-3-5-8-16/h3-11,15,19-20,22-24H,12-14H2,1-2H3,(H,25,26)/t19-,20-/m0/s1. The highest BCUT2D eigenvalue weighted by molar-refractivity contribution is 5.65. The maximum Gasteiger partial charge on any atom is 0.404 e. The number of ether oxygens (including phenoxy) is 1. The summed E-state index contributed by atoms with van der Waals surface area (Å²) in [5.74, 6) is 0.805. The van der Waals surface area contributed by atoms with Gasteiger partial charge in [0, 0.05) is 13.1 Å². The maximum absolute atomic E-state index is 11.1. The third-order valence-corrected chi connectivity index (χ3v) is 4.02. The first-order chi connectivity index (χ1) is 12.9. The second-order valence-corrected chi connectivity index (χ2v) is 6.76. The molecule has 0 aliphatic carbocycles. The van der Waals surface area contributed by atoms with Crippen LogP contribution in [0.1, 0.15) is 25.0 Å². The van der Waals surface area contributed by atoms with Crippen LogP contribution in [-0.2, 0) is 13.0 Å². The molecule has 0 fully saturated rings. The highest BCUT2D eigenvalue weighted by Crippen LogP contribution is 2.15. The van der Waals surface area contributed by atoms with E-state index in [1.807, 2.05) is 68.4 Å². The van der Waals surface area contributed by atoms with E-state index >= 15 is 0 Å². The summed E-state index contributed by atoms with van der Waals surface area (Å²) < 4.78 is 5.68. The fourth-order valence-electron chi connectivity index (χ4n) is 2.82. The molecule has 0 unspecified atom stereocenters. The number of rotatable bonds is 10. The van der Waals surface area contributed by atoms with Crippen molar-refractivity contribution in [1.82, 2.24) is 10.6 Å². The lowest BCUT2D eigenvalue weighted by atomic mass is 10.0. The number of hydrogen-bond acceptors (Lipinski definition) is 4. The van der Waals surface area contributed by atoms with Gasteiger partial charge in [-0.25, -0.2) is 4.79 Å². The number of aliphatic hydroxyl groups is 1. The van der Waals surface area contributed by atoms with Gasteiger partial charge in [0.15, 0.2) is 0 Å². The Morgan fingerprint density at radius 3 is 2.44 bits per heavy atom. The van der Waals surface area contributed by atoms with Crippen molar-refractivity contribution in [2.75, 3.05) is 6.54 Å². The number of benzene rings is 2. The Hall–Kier alpha value is -2.57. The molecule has 4 N–H and O–H groups in total. The van der Waals surface area contributed by atoms with Gasteiger partial charge < -0.3 is 25.6 Å². The van der Waals surface area contributed by atoms with Crippen molar-refractivity contribution >= 4 is 6.09 Å². The number of hydrogen-bond donors (Lipinski definition) is 4. The third-order valence-electron chi connectivity index (χ3n) is 4.02. The molecule has 0 aromatic heterocycles. The van der Waals surface area contributed by atoms with Crippen LogP contribution in [0.25, 0.3) is 0 Å². The van der Waals surface area contributed by atoms with Gasteiger partial charge in [-0.1, -0.05) is 42.5 Å². The number of amides is 1. The average Bonchev–Trinajstić information content (AvgIpc) is 2.61. The smallest absolute Gasteiger partial charge is 0.404 e. The predicted octanol–water partition coefficient (Wildman–Crippen LogP) is 2.80. The minimum atomic E-state index is -1.14. The zero-order chi connectivity index (χ0) is 19.6. The summed E-state index contributed by atoms with van der Waals surface area (Å²) in [7, 11) is 0. The number of nitrogens with one attached hydrogen (secondary N) is 2. The Labute approximate surface area is 160 Å². The fraction of sp³-hybridized carbons (Fsp3) is 0.381. The van der Waals surface area contributed by atoms with E-state index in [1.165, 1.54) is 0 Å². The number of carboxylic acid groups (broad SMARTS) is 1. The zero-order valence-corrected chi connectivity index (χ0v) is 15.8. The van der Waals surface area contributed by atoms with Gasteiger partial charge in [-0.2, -0.15) is 0 Å². The molecule has 0 saturated carbocycles. The van der Waals surface area contributed by atoms with Crippen LogP contribution in [0.3, 0.4) is 0 Å². The van der Waals surface area contributed by atoms with Crippen molar-refractivity contribution in [1.29, 1.82) is 0 Å². The van der Waals surface area contributed by atoms with Crippen molar-refractivity contribution in [2.24, 2.45) is 0 Å². The van der Waals surface area contributed by atoms with Crippen molar-refractivity contribution in [3.8, 4) is 5.75 Å². The second-order valence-electron chi connectivity index (χ2n) is 6.76. The van der Waals surface area contributed by atoms with Crippen LogP contribution in [0.2, 0.25) is 0 Å². The first kappa shape index (κ1) is 20.7. The molecule has 0 radical (unpaired) electrons. The molecule has 6 heteroatoms. The van der Waals surface area contributed by atoms with Gasteiger partial charge in [-0.15, -0.1) is 0 Å². The molecule has 1 amide bonds. The Morgan fingerprint density at radius 1 is 1.07 bits per heavy atom. The molecule has 0 spiro atoms. The Kier molecular flexibility index (Phi) is 8.10. The van der Waals surface area contributed by atoms with Crippen molar-refractivity contribution in [3.63, 3.8) is 0 Å². The summed E-state index contributed by atoms with van der Waals surface area (Å²) in [5, 5.41) is 25.1. The summed E-state index contributed by atoms with van der Waals surface area (Å²) in [6.45, 7) is 4.78. The lowest BCUT2D eigenvalue weighted by molar-refractivity contribution is 0.117. The van der Waals surface area contributed by atoms with Crippen LogP contribution in [0, 0.1) is 0 Å². The van der Waals surface area contributed by atoms with Gasteiger partial charge in [-0.05, 0) is 43.5 Å². The minimum absolute atomic E-state index is 0.107. The van der Waals surface area contributed by atoms with E-state index < -0.39 is 18.2 Å². The van der Waals surface area contributed by atoms with Gasteiger partial charge in [0.1, 0.15) is 5.75 Å². The lowest BCUT2D eigenvalue weighted by Gasteiger charge is -2.23. The van der Waals surface area contributed by atoms with Crippen molar-refractivity contribution in [3.05, 3.63) is 65.7 Å². The summed E-state index contributed by atoms with van der Waals surface area (Å²) >= 11 is 0. The van der Waals surface area contributed by atoms with Crippen molar-refractivity contribution in [2.45, 2.75) is 45.1 Å². The molecule has 0 saturated heterocycles. The topological polar surface area (TPSA) is 90.8 Å². The van der Waals surface area contributed by atoms with E-state index in [0.29, 0.717) is 13.0 Å². The first-order valence-corrected chi connectivity index (χ1v) is 9.12. The fourth-order valence-corrected chi connectivity index (χ4v) is 2.82. The quantitative estimate of drug-likeness (QED) is 0.515. The zero-order valence-electron chi connectivity index (χ0n) is 15.8. The molecule has 2 aromatic rings. The molecule has 2 aromatic carbocycles. The van der Waals surface area contributed by atoms with E-state index in [2.05, 4.69) is 10.6 Å². The summed E-state index contributed by atoms with van der Waals surface area (Å²) in [6, 6.07) is 16.7. The molecule has 27 heavy (non-hydrogen) atoms. The van der Waals surface area contributed by atoms with Crippen LogP contribution in [0.15, 0.2) is 54.6 Å². The average molecular weight is 372 g/mol. The third kappa shape index (κ3) is 7.68. The summed E-state index contributed by atoms with van der Waals surface area (Å²) in [6.07, 6.45) is -1.46. The maximum atomic E-state index is 11.1. The molecule has 2 atom stereocenters. The summed E-state index contributed by atoms with van der Waals surface area (Å²) in [4.78, 5) is 11.1. The van der Waals surface area contributed by atoms with E-state index in [4.69, 9.17) is 9.84 Å². The molecule has 146 valence electrons. The monoisotopic (exact) mass is 372 g/mol. The molecular weight excluding hydrogens is 344 g/mol. The van der Waals surface area contributed by atoms with Crippen LogP contribution in [0.4, 0.5) is 4.79 Å². The highest BCUT2D eigenvalue weighted by Gasteiger charge is 2.21. The van der Waals surface area contributed by atoms with E-state index in [1.54, 1.807) is 0 Å². The van der Waals surface area contributed by atoms with Crippen LogP contribution >= 0.6 is 0 Å². The van der Waals surface area contributed by atoms with Gasteiger partial charge in [0.05, 0.1) is 18.2 Å². The van der Waals surface area contributed by atoms with Crippen LogP contribution in [0.5, 0.6) is 5.75 Å². The van der Waals surface area contributed by atoms with E-state index in [9.17, 15) is 9.90 Å². The Bertz CT molecular complexity index is 706. The van der Waals surface area contributed by atoms with Crippen LogP contribution < -0.4 is 15.4 Å². The number of carbonyl (C=O) groups is 1. The molecule has 2 rings (SSSR count). The Balaban J connectivity index is 1.89. The van der Waals surface area contributed by atoms with Crippen LogP contribution in [-0.4, -0.2) is 41.1 Å². The molecule has 0 bridgehead atoms. The minimum Gasteiger partial charge on any atom is -0.491 e. The molecular formula is C21H28N2O4. The largest absolute Gasteiger partial charge is 0.491 e. The van der Waals surface area contributed by atoms with E-state index in [-0.39, 0.29) is 12.6 Å². The van der Waals surface area contributed by atoms with Gasteiger partial charge in [0.25, 0.3) is 0 Å². The molecule has 0 aliphatic rings. The van der Waals surface area contributed by atoms with E-state index in [0.717, 1.165) is 16.9 Å². The lowest BCUT2D eigenvalue weighted by Crippen LogP contribution is -2.48.